The average molecular weight is 296 g/mol. The highest BCUT2D eigenvalue weighted by molar-refractivity contribution is 7.07. The second-order valence-electron chi connectivity index (χ2n) is 4.63. The van der Waals surface area contributed by atoms with Gasteiger partial charge in [0.1, 0.15) is 0 Å². The molecule has 0 spiro atoms. The number of nitrogens with zero attached hydrogens (tertiary/aromatic N) is 2. The largest absolute Gasteiger partial charge is 0.324 e. The highest BCUT2D eigenvalue weighted by Crippen LogP contribution is 2.23. The Bertz CT molecular complexity index is 501. The summed E-state index contributed by atoms with van der Waals surface area (Å²) in [5.74, 6) is 0. The van der Waals surface area contributed by atoms with E-state index in [1.807, 2.05) is 29.8 Å². The number of rotatable bonds is 6. The molecule has 0 fully saturated rings. The average Bonchev–Trinajstić information content (AvgIpc) is 2.89. The molecule has 0 bridgehead atoms. The molecular formula is C14H18ClN3S. The van der Waals surface area contributed by atoms with Crippen LogP contribution in [0.4, 0.5) is 0 Å². The van der Waals surface area contributed by atoms with Crippen LogP contribution >= 0.6 is 22.9 Å². The summed E-state index contributed by atoms with van der Waals surface area (Å²) in [4.78, 5) is 6.51. The minimum Gasteiger partial charge on any atom is -0.324 e. The van der Waals surface area contributed by atoms with Crippen molar-refractivity contribution in [1.29, 1.82) is 0 Å². The molecule has 0 aliphatic heterocycles. The van der Waals surface area contributed by atoms with Crippen molar-refractivity contribution in [3.05, 3.63) is 51.4 Å². The first kappa shape index (κ1) is 14.5. The quantitative estimate of drug-likeness (QED) is 0.889. The molecule has 0 amide bonds. The van der Waals surface area contributed by atoms with Crippen LogP contribution in [0.1, 0.15) is 23.7 Å². The maximum Gasteiger partial charge on any atom is 0.0795 e. The number of thiazole rings is 1. The van der Waals surface area contributed by atoms with Gasteiger partial charge in [-0.25, -0.2) is 4.98 Å². The van der Waals surface area contributed by atoms with E-state index in [0.29, 0.717) is 0 Å². The van der Waals surface area contributed by atoms with Crippen LogP contribution in [-0.4, -0.2) is 23.5 Å². The second kappa shape index (κ2) is 7.01. The molecule has 1 aromatic heterocycles. The lowest BCUT2D eigenvalue weighted by Crippen LogP contribution is -2.23. The van der Waals surface area contributed by atoms with Gasteiger partial charge < -0.3 is 10.6 Å². The fraction of sp³-hybridized carbons (Fsp3) is 0.357. The number of hydrogen-bond donors (Lipinski definition) is 1. The zero-order valence-electron chi connectivity index (χ0n) is 10.9. The summed E-state index contributed by atoms with van der Waals surface area (Å²) in [5, 5.41) is 2.82. The van der Waals surface area contributed by atoms with Gasteiger partial charge in [0, 0.05) is 29.5 Å². The summed E-state index contributed by atoms with van der Waals surface area (Å²) in [7, 11) is 2.08. The van der Waals surface area contributed by atoms with Gasteiger partial charge in [-0.05, 0) is 25.1 Å². The van der Waals surface area contributed by atoms with Crippen molar-refractivity contribution in [1.82, 2.24) is 9.88 Å². The van der Waals surface area contributed by atoms with Crippen molar-refractivity contribution >= 4 is 22.9 Å². The van der Waals surface area contributed by atoms with E-state index in [2.05, 4.69) is 22.3 Å². The Morgan fingerprint density at radius 3 is 2.89 bits per heavy atom. The SMILES string of the molecule is CN(CCC(N)c1ccccc1Cl)Cc1cscn1. The molecular weight excluding hydrogens is 278 g/mol. The first-order valence-corrected chi connectivity index (χ1v) is 7.54. The molecule has 19 heavy (non-hydrogen) atoms. The molecule has 0 radical (unpaired) electrons. The smallest absolute Gasteiger partial charge is 0.0795 e. The Labute approximate surface area is 123 Å². The van der Waals surface area contributed by atoms with Crippen LogP contribution in [0.3, 0.4) is 0 Å². The van der Waals surface area contributed by atoms with Crippen molar-refractivity contribution in [3.8, 4) is 0 Å². The lowest BCUT2D eigenvalue weighted by molar-refractivity contribution is 0.308. The van der Waals surface area contributed by atoms with Crippen LogP contribution in [0.5, 0.6) is 0 Å². The Hall–Kier alpha value is -0.940. The summed E-state index contributed by atoms with van der Waals surface area (Å²) in [6, 6.07) is 7.75. The van der Waals surface area contributed by atoms with Gasteiger partial charge in [0.05, 0.1) is 11.2 Å². The fourth-order valence-corrected chi connectivity index (χ4v) is 2.79. The van der Waals surface area contributed by atoms with Gasteiger partial charge in [-0.1, -0.05) is 29.8 Å². The van der Waals surface area contributed by atoms with Gasteiger partial charge in [-0.3, -0.25) is 0 Å². The molecule has 102 valence electrons. The Morgan fingerprint density at radius 1 is 1.42 bits per heavy atom. The van der Waals surface area contributed by atoms with E-state index in [1.54, 1.807) is 11.3 Å². The van der Waals surface area contributed by atoms with E-state index in [0.717, 1.165) is 35.8 Å². The molecule has 0 aliphatic rings. The van der Waals surface area contributed by atoms with E-state index < -0.39 is 0 Å². The topological polar surface area (TPSA) is 42.1 Å². The van der Waals surface area contributed by atoms with Gasteiger partial charge >= 0.3 is 0 Å². The molecule has 3 nitrogen and oxygen atoms in total. The maximum atomic E-state index is 6.19. The van der Waals surface area contributed by atoms with Crippen molar-refractivity contribution in [2.75, 3.05) is 13.6 Å². The minimum atomic E-state index is -0.0217. The lowest BCUT2D eigenvalue weighted by atomic mass is 10.0. The van der Waals surface area contributed by atoms with Crippen LogP contribution < -0.4 is 5.73 Å². The van der Waals surface area contributed by atoms with Crippen LogP contribution in [-0.2, 0) is 6.54 Å². The van der Waals surface area contributed by atoms with E-state index in [1.165, 1.54) is 0 Å². The third-order valence-electron chi connectivity index (χ3n) is 3.04. The molecule has 0 aliphatic carbocycles. The molecule has 0 saturated heterocycles. The molecule has 1 heterocycles. The predicted molar refractivity (Wildman–Crippen MR) is 81.4 cm³/mol. The molecule has 1 aromatic carbocycles. The van der Waals surface area contributed by atoms with E-state index in [-0.39, 0.29) is 6.04 Å². The molecule has 1 atom stereocenters. The fourth-order valence-electron chi connectivity index (χ4n) is 1.96. The highest BCUT2D eigenvalue weighted by atomic mass is 35.5. The predicted octanol–water partition coefficient (Wildman–Crippen LogP) is 3.32. The monoisotopic (exact) mass is 295 g/mol. The molecule has 5 heteroatoms. The number of hydrogen-bond acceptors (Lipinski definition) is 4. The Balaban J connectivity index is 1.83. The number of halogens is 1. The number of aromatic nitrogens is 1. The molecule has 2 aromatic rings. The molecule has 2 rings (SSSR count). The van der Waals surface area contributed by atoms with Gasteiger partial charge in [-0.2, -0.15) is 0 Å². The standard InChI is InChI=1S/C14H18ClN3S/c1-18(8-11-9-19-10-17-11)7-6-14(16)12-4-2-3-5-13(12)15/h2-5,9-10,14H,6-8,16H2,1H3. The second-order valence-corrected chi connectivity index (χ2v) is 5.76. The van der Waals surface area contributed by atoms with Crippen LogP contribution in [0.2, 0.25) is 5.02 Å². The summed E-state index contributed by atoms with van der Waals surface area (Å²) in [5.41, 5.74) is 10.2. The molecule has 1 unspecified atom stereocenters. The van der Waals surface area contributed by atoms with Crippen molar-refractivity contribution in [2.45, 2.75) is 19.0 Å². The third kappa shape index (κ3) is 4.28. The normalized spacial score (nSPS) is 12.8. The maximum absolute atomic E-state index is 6.19. The van der Waals surface area contributed by atoms with Gasteiger partial charge in [0.25, 0.3) is 0 Å². The van der Waals surface area contributed by atoms with Crippen molar-refractivity contribution in [2.24, 2.45) is 5.73 Å². The Morgan fingerprint density at radius 2 is 2.21 bits per heavy atom. The molecule has 2 N–H and O–H groups in total. The van der Waals surface area contributed by atoms with E-state index >= 15 is 0 Å². The first-order valence-electron chi connectivity index (χ1n) is 6.22. The van der Waals surface area contributed by atoms with E-state index in [9.17, 15) is 0 Å². The zero-order chi connectivity index (χ0) is 13.7. The van der Waals surface area contributed by atoms with Crippen LogP contribution in [0, 0.1) is 0 Å². The zero-order valence-corrected chi connectivity index (χ0v) is 12.5. The van der Waals surface area contributed by atoms with Gasteiger partial charge in [0.2, 0.25) is 0 Å². The van der Waals surface area contributed by atoms with E-state index in [4.69, 9.17) is 17.3 Å². The third-order valence-corrected chi connectivity index (χ3v) is 4.02. The van der Waals surface area contributed by atoms with Crippen molar-refractivity contribution in [3.63, 3.8) is 0 Å². The lowest BCUT2D eigenvalue weighted by Gasteiger charge is -2.19. The minimum absolute atomic E-state index is 0.0217. The Kier molecular flexibility index (Phi) is 5.34. The summed E-state index contributed by atoms with van der Waals surface area (Å²) < 4.78 is 0. The van der Waals surface area contributed by atoms with Crippen LogP contribution in [0.15, 0.2) is 35.2 Å². The number of benzene rings is 1. The number of nitrogens with two attached hydrogens (primary N) is 1. The summed E-state index contributed by atoms with van der Waals surface area (Å²) in [6.07, 6.45) is 0.879. The van der Waals surface area contributed by atoms with Gasteiger partial charge in [-0.15, -0.1) is 11.3 Å². The first-order chi connectivity index (χ1) is 9.16. The summed E-state index contributed by atoms with van der Waals surface area (Å²) in [6.45, 7) is 1.78. The highest BCUT2D eigenvalue weighted by Gasteiger charge is 2.11. The van der Waals surface area contributed by atoms with Gasteiger partial charge in [0.15, 0.2) is 0 Å². The van der Waals surface area contributed by atoms with Crippen LogP contribution in [0.25, 0.3) is 0 Å². The molecule has 0 saturated carbocycles. The summed E-state index contributed by atoms with van der Waals surface area (Å²) >= 11 is 7.77. The van der Waals surface area contributed by atoms with Crippen molar-refractivity contribution < 1.29 is 0 Å².